The summed E-state index contributed by atoms with van der Waals surface area (Å²) in [5.41, 5.74) is 2.41. The van der Waals surface area contributed by atoms with E-state index in [1.54, 1.807) is 6.07 Å². The van der Waals surface area contributed by atoms with Gasteiger partial charge in [0.2, 0.25) is 0 Å². The Morgan fingerprint density at radius 3 is 2.62 bits per heavy atom. The van der Waals surface area contributed by atoms with Gasteiger partial charge in [0.1, 0.15) is 0 Å². The van der Waals surface area contributed by atoms with Gasteiger partial charge in [0.05, 0.1) is 27.2 Å². The molecule has 0 spiro atoms. The Labute approximate surface area is 166 Å². The molecule has 0 unspecified atom stereocenters. The van der Waals surface area contributed by atoms with E-state index in [2.05, 4.69) is 10.3 Å². The summed E-state index contributed by atoms with van der Waals surface area (Å²) in [6.07, 6.45) is 1.46. The molecule has 1 aliphatic rings. The maximum absolute atomic E-state index is 12.5. The number of nitro benzene ring substituents is 1. The molecule has 1 amide bonds. The summed E-state index contributed by atoms with van der Waals surface area (Å²) in [7, 11) is 1.50. The fourth-order valence-corrected chi connectivity index (χ4v) is 4.03. The van der Waals surface area contributed by atoms with Crippen LogP contribution in [0.2, 0.25) is 0 Å². The number of aromatic amines is 1. The lowest BCUT2D eigenvalue weighted by Crippen LogP contribution is -2.38. The number of nitrogens with zero attached hydrogens (tertiary/aromatic N) is 3. The van der Waals surface area contributed by atoms with E-state index in [0.29, 0.717) is 18.8 Å². The zero-order valence-corrected chi connectivity index (χ0v) is 15.9. The molecular formula is C20H21N5O4. The van der Waals surface area contributed by atoms with Crippen molar-refractivity contribution in [3.8, 4) is 0 Å². The number of para-hydroxylation sites is 2. The molecule has 9 nitrogen and oxygen atoms in total. The first kappa shape index (κ1) is 18.7. The van der Waals surface area contributed by atoms with Crippen LogP contribution in [0.15, 0.2) is 47.3 Å². The number of piperidine rings is 1. The summed E-state index contributed by atoms with van der Waals surface area (Å²) in [5.74, 6) is -0.362. The fourth-order valence-electron chi connectivity index (χ4n) is 4.03. The third-order valence-corrected chi connectivity index (χ3v) is 5.46. The molecular weight excluding hydrogens is 374 g/mol. The van der Waals surface area contributed by atoms with Gasteiger partial charge in [0.25, 0.3) is 11.6 Å². The van der Waals surface area contributed by atoms with E-state index in [1.165, 1.54) is 19.2 Å². The van der Waals surface area contributed by atoms with E-state index >= 15 is 0 Å². The van der Waals surface area contributed by atoms with Crippen molar-refractivity contribution in [3.05, 3.63) is 68.6 Å². The van der Waals surface area contributed by atoms with Crippen LogP contribution in [-0.4, -0.2) is 40.5 Å². The molecule has 29 heavy (non-hydrogen) atoms. The molecule has 1 fully saturated rings. The van der Waals surface area contributed by atoms with Gasteiger partial charge in [-0.05, 0) is 31.0 Å². The van der Waals surface area contributed by atoms with Crippen molar-refractivity contribution in [2.45, 2.75) is 18.9 Å². The van der Waals surface area contributed by atoms with Crippen molar-refractivity contribution < 1.29 is 9.72 Å². The van der Waals surface area contributed by atoms with Crippen molar-refractivity contribution >= 4 is 28.3 Å². The number of imidazole rings is 1. The maximum atomic E-state index is 12.5. The van der Waals surface area contributed by atoms with Crippen LogP contribution in [0.1, 0.15) is 29.2 Å². The Hall–Kier alpha value is -3.62. The SMILES string of the molecule is CNC(=O)c1cc([N+](=O)[O-])ccc1N1CCC(n2c(=O)[nH]c3ccccc32)CC1. The standard InChI is InChI=1S/C20H21N5O4/c1-21-19(26)15-12-14(25(28)29)6-7-17(15)23-10-8-13(9-11-23)24-18-5-3-2-4-16(18)22-20(24)27/h2-7,12-13H,8-11H2,1H3,(H,21,26)(H,22,27). The minimum absolute atomic E-state index is 0.0522. The van der Waals surface area contributed by atoms with Gasteiger partial charge >= 0.3 is 5.69 Å². The molecule has 150 valence electrons. The number of carbonyl (C=O) groups is 1. The predicted octanol–water partition coefficient (Wildman–Crippen LogP) is 2.44. The van der Waals surface area contributed by atoms with E-state index in [1.807, 2.05) is 33.7 Å². The van der Waals surface area contributed by atoms with E-state index in [9.17, 15) is 19.7 Å². The van der Waals surface area contributed by atoms with Crippen LogP contribution in [-0.2, 0) is 0 Å². The second-order valence-corrected chi connectivity index (χ2v) is 7.07. The first-order valence-electron chi connectivity index (χ1n) is 9.44. The lowest BCUT2D eigenvalue weighted by Gasteiger charge is -2.35. The number of hydrogen-bond donors (Lipinski definition) is 2. The van der Waals surface area contributed by atoms with E-state index in [-0.39, 0.29) is 28.9 Å². The van der Waals surface area contributed by atoms with Crippen LogP contribution in [0.4, 0.5) is 11.4 Å². The largest absolute Gasteiger partial charge is 0.371 e. The summed E-state index contributed by atoms with van der Waals surface area (Å²) < 4.78 is 1.81. The third kappa shape index (κ3) is 3.35. The van der Waals surface area contributed by atoms with Crippen molar-refractivity contribution in [2.75, 3.05) is 25.0 Å². The number of carbonyl (C=O) groups excluding carboxylic acids is 1. The number of hydrogen-bond acceptors (Lipinski definition) is 5. The molecule has 0 aliphatic carbocycles. The van der Waals surface area contributed by atoms with Crippen molar-refractivity contribution in [2.24, 2.45) is 0 Å². The van der Waals surface area contributed by atoms with Crippen LogP contribution in [0.5, 0.6) is 0 Å². The molecule has 9 heteroatoms. The lowest BCUT2D eigenvalue weighted by molar-refractivity contribution is -0.384. The zero-order valence-electron chi connectivity index (χ0n) is 15.9. The number of non-ortho nitro benzene ring substituents is 1. The van der Waals surface area contributed by atoms with Crippen LogP contribution >= 0.6 is 0 Å². The molecule has 3 aromatic rings. The van der Waals surface area contributed by atoms with Gasteiger partial charge in [-0.2, -0.15) is 0 Å². The number of fused-ring (bicyclic) bond motifs is 1. The van der Waals surface area contributed by atoms with Gasteiger partial charge in [-0.15, -0.1) is 0 Å². The van der Waals surface area contributed by atoms with Crippen LogP contribution in [0.25, 0.3) is 11.0 Å². The molecule has 4 rings (SSSR count). The number of benzene rings is 2. The van der Waals surface area contributed by atoms with Crippen LogP contribution < -0.4 is 15.9 Å². The maximum Gasteiger partial charge on any atom is 0.326 e. The average molecular weight is 395 g/mol. The summed E-state index contributed by atoms with van der Waals surface area (Å²) in [6.45, 7) is 1.27. The average Bonchev–Trinajstić information content (AvgIpc) is 3.08. The van der Waals surface area contributed by atoms with E-state index in [4.69, 9.17) is 0 Å². The van der Waals surface area contributed by atoms with Gasteiger partial charge < -0.3 is 15.2 Å². The van der Waals surface area contributed by atoms with Crippen molar-refractivity contribution in [1.82, 2.24) is 14.9 Å². The lowest BCUT2D eigenvalue weighted by atomic mass is 10.0. The van der Waals surface area contributed by atoms with Crippen LogP contribution in [0, 0.1) is 10.1 Å². The number of aromatic nitrogens is 2. The summed E-state index contributed by atoms with van der Waals surface area (Å²) >= 11 is 0. The number of H-pyrrole nitrogens is 1. The third-order valence-electron chi connectivity index (χ3n) is 5.46. The number of anilines is 1. The Kier molecular flexibility index (Phi) is 4.79. The van der Waals surface area contributed by atoms with Gasteiger partial charge in [0.15, 0.2) is 0 Å². The molecule has 0 saturated carbocycles. The first-order chi connectivity index (χ1) is 14.0. The van der Waals surface area contributed by atoms with E-state index in [0.717, 1.165) is 23.9 Å². The number of amides is 1. The molecule has 0 bridgehead atoms. The van der Waals surface area contributed by atoms with Gasteiger partial charge in [-0.25, -0.2) is 4.79 Å². The number of nitro groups is 1. The summed E-state index contributed by atoms with van der Waals surface area (Å²) in [4.78, 5) is 40.3. The highest BCUT2D eigenvalue weighted by atomic mass is 16.6. The highest BCUT2D eigenvalue weighted by Gasteiger charge is 2.26. The molecule has 0 radical (unpaired) electrons. The Bertz CT molecular complexity index is 1140. The molecule has 2 heterocycles. The van der Waals surface area contributed by atoms with Gasteiger partial charge in [-0.3, -0.25) is 19.5 Å². The Morgan fingerprint density at radius 1 is 1.21 bits per heavy atom. The second-order valence-electron chi connectivity index (χ2n) is 7.07. The molecule has 2 N–H and O–H groups in total. The number of rotatable bonds is 4. The van der Waals surface area contributed by atoms with Gasteiger partial charge in [-0.1, -0.05) is 12.1 Å². The van der Waals surface area contributed by atoms with Gasteiger partial charge in [0, 0.05) is 38.3 Å². The summed E-state index contributed by atoms with van der Waals surface area (Å²) in [5, 5.41) is 13.6. The first-order valence-corrected chi connectivity index (χ1v) is 9.44. The molecule has 1 aromatic heterocycles. The summed E-state index contributed by atoms with van der Waals surface area (Å²) in [6, 6.07) is 12.0. The minimum atomic E-state index is -0.508. The minimum Gasteiger partial charge on any atom is -0.371 e. The fraction of sp³-hybridized carbons (Fsp3) is 0.300. The van der Waals surface area contributed by atoms with Crippen molar-refractivity contribution in [1.29, 1.82) is 0 Å². The smallest absolute Gasteiger partial charge is 0.326 e. The highest BCUT2D eigenvalue weighted by molar-refractivity contribution is 6.00. The van der Waals surface area contributed by atoms with Crippen molar-refractivity contribution in [3.63, 3.8) is 0 Å². The highest BCUT2D eigenvalue weighted by Crippen LogP contribution is 2.31. The number of nitrogens with one attached hydrogen (secondary N) is 2. The van der Waals surface area contributed by atoms with E-state index < -0.39 is 4.92 Å². The topological polar surface area (TPSA) is 113 Å². The second kappa shape index (κ2) is 7.42. The van der Waals surface area contributed by atoms with Crippen LogP contribution in [0.3, 0.4) is 0 Å². The Morgan fingerprint density at radius 2 is 1.93 bits per heavy atom. The molecule has 1 saturated heterocycles. The normalized spacial score (nSPS) is 14.9. The molecule has 2 aromatic carbocycles. The molecule has 1 aliphatic heterocycles. The predicted molar refractivity (Wildman–Crippen MR) is 110 cm³/mol. The zero-order chi connectivity index (χ0) is 20.5. The Balaban J connectivity index is 1.60. The quantitative estimate of drug-likeness (QED) is 0.520. The monoisotopic (exact) mass is 395 g/mol. The molecule has 0 atom stereocenters.